The zero-order valence-electron chi connectivity index (χ0n) is 14.8. The molecule has 2 aromatic rings. The van der Waals surface area contributed by atoms with Gasteiger partial charge in [-0.1, -0.05) is 18.2 Å². The van der Waals surface area contributed by atoms with E-state index < -0.39 is 0 Å². The standard InChI is InChI=1S/C21H20F2N2O2/c22-16-6-4-15(5-7-16)10-19(26)24-9-8-21(13-24)12-20(27)25(14-21)18-3-1-2-17(23)11-18/h1-7,11H,8-10,12-14H2/t21-/m0/s1. The van der Waals surface area contributed by atoms with Crippen molar-refractivity contribution in [3.05, 3.63) is 65.7 Å². The van der Waals surface area contributed by atoms with Crippen LogP contribution >= 0.6 is 0 Å². The van der Waals surface area contributed by atoms with Gasteiger partial charge < -0.3 is 9.80 Å². The van der Waals surface area contributed by atoms with E-state index in [0.717, 1.165) is 12.0 Å². The Bertz CT molecular complexity index is 884. The van der Waals surface area contributed by atoms with Crippen LogP contribution in [-0.4, -0.2) is 36.3 Å². The van der Waals surface area contributed by atoms with E-state index in [2.05, 4.69) is 0 Å². The Hall–Kier alpha value is -2.76. The molecule has 0 saturated carbocycles. The molecule has 4 rings (SSSR count). The predicted octanol–water partition coefficient (Wildman–Crippen LogP) is 3.16. The van der Waals surface area contributed by atoms with Crippen LogP contribution in [0.3, 0.4) is 0 Å². The summed E-state index contributed by atoms with van der Waals surface area (Å²) < 4.78 is 26.5. The number of likely N-dealkylation sites (tertiary alicyclic amines) is 1. The van der Waals surface area contributed by atoms with Crippen molar-refractivity contribution < 1.29 is 18.4 Å². The molecule has 2 aliphatic heterocycles. The number of nitrogens with zero attached hydrogens (tertiary/aromatic N) is 2. The van der Waals surface area contributed by atoms with Crippen LogP contribution in [0.5, 0.6) is 0 Å². The van der Waals surface area contributed by atoms with Gasteiger partial charge in [0.2, 0.25) is 11.8 Å². The second kappa shape index (κ2) is 6.76. The zero-order valence-corrected chi connectivity index (χ0v) is 14.8. The van der Waals surface area contributed by atoms with Crippen molar-refractivity contribution in [2.45, 2.75) is 19.3 Å². The van der Waals surface area contributed by atoms with Crippen molar-refractivity contribution >= 4 is 17.5 Å². The van der Waals surface area contributed by atoms with Gasteiger partial charge in [-0.25, -0.2) is 8.78 Å². The van der Waals surface area contributed by atoms with E-state index >= 15 is 0 Å². The first kappa shape index (κ1) is 17.6. The van der Waals surface area contributed by atoms with Gasteiger partial charge in [-0.15, -0.1) is 0 Å². The summed E-state index contributed by atoms with van der Waals surface area (Å²) in [4.78, 5) is 28.5. The Kier molecular flexibility index (Phi) is 4.42. The molecule has 2 aliphatic rings. The first-order valence-electron chi connectivity index (χ1n) is 9.02. The molecule has 2 fully saturated rings. The number of carbonyl (C=O) groups is 2. The molecule has 2 saturated heterocycles. The van der Waals surface area contributed by atoms with Gasteiger partial charge in [0.15, 0.2) is 0 Å². The molecule has 4 nitrogen and oxygen atoms in total. The van der Waals surface area contributed by atoms with Crippen molar-refractivity contribution in [1.29, 1.82) is 0 Å². The Morgan fingerprint density at radius 2 is 1.81 bits per heavy atom. The molecule has 27 heavy (non-hydrogen) atoms. The van der Waals surface area contributed by atoms with E-state index in [4.69, 9.17) is 0 Å². The normalized spacial score (nSPS) is 22.1. The molecule has 0 N–H and O–H groups in total. The Morgan fingerprint density at radius 1 is 1.04 bits per heavy atom. The fourth-order valence-corrected chi connectivity index (χ4v) is 4.09. The monoisotopic (exact) mass is 370 g/mol. The summed E-state index contributed by atoms with van der Waals surface area (Å²) in [5.74, 6) is -0.749. The second-order valence-corrected chi connectivity index (χ2v) is 7.51. The van der Waals surface area contributed by atoms with Crippen LogP contribution < -0.4 is 4.90 Å². The zero-order chi connectivity index (χ0) is 19.0. The van der Waals surface area contributed by atoms with Crippen LogP contribution in [-0.2, 0) is 16.0 Å². The van der Waals surface area contributed by atoms with Gasteiger partial charge in [0, 0.05) is 37.2 Å². The molecule has 1 spiro atoms. The minimum absolute atomic E-state index is 0.0184. The minimum atomic E-state index is -0.372. The molecule has 0 aromatic heterocycles. The summed E-state index contributed by atoms with van der Waals surface area (Å²) >= 11 is 0. The number of rotatable bonds is 3. The van der Waals surface area contributed by atoms with Crippen molar-refractivity contribution in [1.82, 2.24) is 4.90 Å². The number of hydrogen-bond acceptors (Lipinski definition) is 2. The van der Waals surface area contributed by atoms with E-state index in [1.165, 1.54) is 24.3 Å². The van der Waals surface area contributed by atoms with Crippen LogP contribution in [0.1, 0.15) is 18.4 Å². The largest absolute Gasteiger partial charge is 0.342 e. The van der Waals surface area contributed by atoms with Crippen molar-refractivity contribution in [2.24, 2.45) is 5.41 Å². The number of amides is 2. The van der Waals surface area contributed by atoms with E-state index in [-0.39, 0.29) is 35.3 Å². The molecule has 0 radical (unpaired) electrons. The van der Waals surface area contributed by atoms with Crippen LogP contribution in [0, 0.1) is 17.0 Å². The lowest BCUT2D eigenvalue weighted by Crippen LogP contribution is -2.35. The number of halogens is 2. The first-order chi connectivity index (χ1) is 12.9. The molecule has 0 bridgehead atoms. The fourth-order valence-electron chi connectivity index (χ4n) is 4.09. The third-order valence-corrected chi connectivity index (χ3v) is 5.50. The minimum Gasteiger partial charge on any atom is -0.342 e. The summed E-state index contributed by atoms with van der Waals surface area (Å²) in [7, 11) is 0. The maximum absolute atomic E-state index is 13.5. The van der Waals surface area contributed by atoms with Crippen LogP contribution in [0.2, 0.25) is 0 Å². The van der Waals surface area contributed by atoms with Crippen molar-refractivity contribution in [3.8, 4) is 0 Å². The molecule has 2 heterocycles. The molecule has 2 amide bonds. The SMILES string of the molecule is O=C(Cc1ccc(F)cc1)N1CC[C@]2(CC(=O)N(c3cccc(F)c3)C2)C1. The molecule has 140 valence electrons. The molecule has 0 unspecified atom stereocenters. The quantitative estimate of drug-likeness (QED) is 0.833. The number of hydrogen-bond donors (Lipinski definition) is 0. The summed E-state index contributed by atoms with van der Waals surface area (Å²) in [6, 6.07) is 12.0. The Balaban J connectivity index is 1.43. The lowest BCUT2D eigenvalue weighted by atomic mass is 9.86. The van der Waals surface area contributed by atoms with Crippen LogP contribution in [0.4, 0.5) is 14.5 Å². The maximum atomic E-state index is 13.5. The van der Waals surface area contributed by atoms with Gasteiger partial charge in [-0.3, -0.25) is 9.59 Å². The van der Waals surface area contributed by atoms with E-state index in [1.807, 2.05) is 0 Å². The average Bonchev–Trinajstić information content (AvgIpc) is 3.20. The van der Waals surface area contributed by atoms with Gasteiger partial charge >= 0.3 is 0 Å². The van der Waals surface area contributed by atoms with Gasteiger partial charge in [0.1, 0.15) is 11.6 Å². The van der Waals surface area contributed by atoms with E-state index in [9.17, 15) is 18.4 Å². The second-order valence-electron chi connectivity index (χ2n) is 7.51. The third-order valence-electron chi connectivity index (χ3n) is 5.50. The molecule has 0 aliphatic carbocycles. The smallest absolute Gasteiger partial charge is 0.227 e. The Morgan fingerprint density at radius 3 is 2.56 bits per heavy atom. The van der Waals surface area contributed by atoms with Crippen LogP contribution in [0.15, 0.2) is 48.5 Å². The summed E-state index contributed by atoms with van der Waals surface area (Å²) in [5.41, 5.74) is 1.06. The lowest BCUT2D eigenvalue weighted by molar-refractivity contribution is -0.130. The maximum Gasteiger partial charge on any atom is 0.227 e. The highest BCUT2D eigenvalue weighted by molar-refractivity contribution is 5.96. The van der Waals surface area contributed by atoms with Crippen LogP contribution in [0.25, 0.3) is 0 Å². The van der Waals surface area contributed by atoms with E-state index in [1.54, 1.807) is 34.1 Å². The van der Waals surface area contributed by atoms with Gasteiger partial charge in [-0.05, 0) is 42.3 Å². The molecular formula is C21H20F2N2O2. The van der Waals surface area contributed by atoms with Crippen molar-refractivity contribution in [2.75, 3.05) is 24.5 Å². The third kappa shape index (κ3) is 3.56. The predicted molar refractivity (Wildman–Crippen MR) is 97.1 cm³/mol. The molecule has 1 atom stereocenters. The summed E-state index contributed by atoms with van der Waals surface area (Å²) in [6.07, 6.45) is 1.33. The highest BCUT2D eigenvalue weighted by atomic mass is 19.1. The number of benzene rings is 2. The topological polar surface area (TPSA) is 40.6 Å². The number of anilines is 1. The average molecular weight is 370 g/mol. The van der Waals surface area contributed by atoms with Gasteiger partial charge in [0.05, 0.1) is 6.42 Å². The van der Waals surface area contributed by atoms with Gasteiger partial charge in [0.25, 0.3) is 0 Å². The number of carbonyl (C=O) groups excluding carboxylic acids is 2. The lowest BCUT2D eigenvalue weighted by Gasteiger charge is -2.24. The molecule has 2 aromatic carbocycles. The summed E-state index contributed by atoms with van der Waals surface area (Å²) in [6.45, 7) is 1.62. The van der Waals surface area contributed by atoms with Gasteiger partial charge in [-0.2, -0.15) is 0 Å². The van der Waals surface area contributed by atoms with E-state index in [0.29, 0.717) is 31.7 Å². The first-order valence-corrected chi connectivity index (χ1v) is 9.02. The highest BCUT2D eigenvalue weighted by Crippen LogP contribution is 2.42. The molecule has 6 heteroatoms. The van der Waals surface area contributed by atoms with Crippen molar-refractivity contribution in [3.63, 3.8) is 0 Å². The Labute approximate surface area is 156 Å². The highest BCUT2D eigenvalue weighted by Gasteiger charge is 2.48. The molecular weight excluding hydrogens is 350 g/mol. The fraction of sp³-hybridized carbons (Fsp3) is 0.333. The summed E-state index contributed by atoms with van der Waals surface area (Å²) in [5, 5.41) is 0.